The number of esters is 1. The van der Waals surface area contributed by atoms with Crippen LogP contribution in [0.25, 0.3) is 0 Å². The number of anilines is 1. The molecule has 1 unspecified atom stereocenters. The zero-order chi connectivity index (χ0) is 23.6. The standard InChI is InChI=1S/C19H20F3NO6S2/c1-4-29-18(24)13(2)23(30(3,25)26)17-11-10-15(12-16(17)19(20,21)22)31(27,28)14-8-6-5-7-9-14/h5-13H,4H2,1-3H3. The van der Waals surface area contributed by atoms with E-state index in [9.17, 15) is 34.8 Å². The number of rotatable bonds is 7. The Balaban J connectivity index is 2.74. The van der Waals surface area contributed by atoms with Crippen LogP contribution in [0.3, 0.4) is 0 Å². The fraction of sp³-hybridized carbons (Fsp3) is 0.316. The summed E-state index contributed by atoms with van der Waals surface area (Å²) < 4.78 is 96.6. The summed E-state index contributed by atoms with van der Waals surface area (Å²) in [5, 5.41) is 0. The van der Waals surface area contributed by atoms with Crippen molar-refractivity contribution in [3.63, 3.8) is 0 Å². The molecule has 12 heteroatoms. The predicted molar refractivity (Wildman–Crippen MR) is 107 cm³/mol. The van der Waals surface area contributed by atoms with Crippen molar-refractivity contribution < 1.29 is 39.5 Å². The van der Waals surface area contributed by atoms with Gasteiger partial charge in [-0.25, -0.2) is 21.6 Å². The van der Waals surface area contributed by atoms with Crippen LogP contribution in [-0.4, -0.2) is 41.7 Å². The van der Waals surface area contributed by atoms with Crippen molar-refractivity contribution in [2.75, 3.05) is 17.2 Å². The van der Waals surface area contributed by atoms with Gasteiger partial charge in [0.05, 0.1) is 33.9 Å². The Kier molecular flexibility index (Phi) is 7.06. The average Bonchev–Trinajstić information content (AvgIpc) is 2.67. The number of carbonyl (C=O) groups is 1. The van der Waals surface area contributed by atoms with Crippen LogP contribution >= 0.6 is 0 Å². The van der Waals surface area contributed by atoms with Gasteiger partial charge in [-0.15, -0.1) is 0 Å². The van der Waals surface area contributed by atoms with Crippen LogP contribution < -0.4 is 4.31 Å². The molecule has 0 spiro atoms. The summed E-state index contributed by atoms with van der Waals surface area (Å²) in [4.78, 5) is 11.2. The third kappa shape index (κ3) is 5.37. The third-order valence-corrected chi connectivity index (χ3v) is 7.21. The minimum absolute atomic E-state index is 0.110. The van der Waals surface area contributed by atoms with Gasteiger partial charge in [-0.3, -0.25) is 4.31 Å². The Morgan fingerprint density at radius 2 is 1.61 bits per heavy atom. The van der Waals surface area contributed by atoms with E-state index in [1.54, 1.807) is 6.07 Å². The van der Waals surface area contributed by atoms with Crippen LogP contribution in [0.2, 0.25) is 0 Å². The molecule has 1 atom stereocenters. The van der Waals surface area contributed by atoms with Gasteiger partial charge in [0.25, 0.3) is 0 Å². The summed E-state index contributed by atoms with van der Waals surface area (Å²) in [6, 6.07) is 7.14. The highest BCUT2D eigenvalue weighted by atomic mass is 32.2. The summed E-state index contributed by atoms with van der Waals surface area (Å²) in [5.74, 6) is -1.05. The maximum atomic E-state index is 13.8. The second-order valence-electron chi connectivity index (χ2n) is 6.48. The van der Waals surface area contributed by atoms with Gasteiger partial charge in [-0.1, -0.05) is 18.2 Å². The molecular formula is C19H20F3NO6S2. The van der Waals surface area contributed by atoms with Crippen molar-refractivity contribution in [1.29, 1.82) is 0 Å². The van der Waals surface area contributed by atoms with E-state index in [4.69, 9.17) is 4.74 Å². The van der Waals surface area contributed by atoms with E-state index in [2.05, 4.69) is 0 Å². The lowest BCUT2D eigenvalue weighted by Crippen LogP contribution is -2.44. The lowest BCUT2D eigenvalue weighted by atomic mass is 10.1. The molecule has 0 aliphatic carbocycles. The van der Waals surface area contributed by atoms with Crippen LogP contribution in [0.4, 0.5) is 18.9 Å². The highest BCUT2D eigenvalue weighted by Gasteiger charge is 2.41. The molecule has 7 nitrogen and oxygen atoms in total. The number of sulfonamides is 1. The zero-order valence-corrected chi connectivity index (χ0v) is 18.4. The molecule has 0 N–H and O–H groups in total. The lowest BCUT2D eigenvalue weighted by molar-refractivity contribution is -0.144. The normalized spacial score (nSPS) is 13.5. The number of ether oxygens (including phenoxy) is 1. The fourth-order valence-electron chi connectivity index (χ4n) is 2.87. The largest absolute Gasteiger partial charge is 0.464 e. The molecule has 0 amide bonds. The first kappa shape index (κ1) is 24.7. The van der Waals surface area contributed by atoms with Gasteiger partial charge < -0.3 is 4.74 Å². The molecule has 0 bridgehead atoms. The summed E-state index contributed by atoms with van der Waals surface area (Å²) >= 11 is 0. The highest BCUT2D eigenvalue weighted by molar-refractivity contribution is 7.92. The van der Waals surface area contributed by atoms with Gasteiger partial charge in [0.1, 0.15) is 6.04 Å². The minimum Gasteiger partial charge on any atom is -0.464 e. The lowest BCUT2D eigenvalue weighted by Gasteiger charge is -2.30. The van der Waals surface area contributed by atoms with E-state index in [-0.39, 0.29) is 15.8 Å². The predicted octanol–water partition coefficient (Wildman–Crippen LogP) is 3.26. The topological polar surface area (TPSA) is 97.8 Å². The number of carbonyl (C=O) groups excluding carboxylic acids is 1. The molecular weight excluding hydrogens is 459 g/mol. The molecule has 2 aromatic carbocycles. The van der Waals surface area contributed by atoms with Gasteiger partial charge in [0.15, 0.2) is 0 Å². The van der Waals surface area contributed by atoms with Crippen molar-refractivity contribution in [2.24, 2.45) is 0 Å². The second-order valence-corrected chi connectivity index (χ2v) is 10.3. The van der Waals surface area contributed by atoms with Crippen molar-refractivity contribution in [2.45, 2.75) is 35.9 Å². The number of nitrogens with zero attached hydrogens (tertiary/aromatic N) is 1. The average molecular weight is 479 g/mol. The summed E-state index contributed by atoms with van der Waals surface area (Å²) in [5.41, 5.74) is -2.41. The Morgan fingerprint density at radius 3 is 2.10 bits per heavy atom. The van der Waals surface area contributed by atoms with Gasteiger partial charge >= 0.3 is 12.1 Å². The van der Waals surface area contributed by atoms with E-state index in [0.29, 0.717) is 12.3 Å². The SMILES string of the molecule is CCOC(=O)C(C)N(c1ccc(S(=O)(=O)c2ccccc2)cc1C(F)(F)F)S(C)(=O)=O. The first-order valence-electron chi connectivity index (χ1n) is 8.88. The Hall–Kier alpha value is -2.60. The molecule has 2 aromatic rings. The van der Waals surface area contributed by atoms with Crippen molar-refractivity contribution in [1.82, 2.24) is 0 Å². The molecule has 0 radical (unpaired) electrons. The maximum Gasteiger partial charge on any atom is 0.418 e. The zero-order valence-electron chi connectivity index (χ0n) is 16.8. The summed E-state index contributed by atoms with van der Waals surface area (Å²) in [6.45, 7) is 2.43. The summed E-state index contributed by atoms with van der Waals surface area (Å²) in [7, 11) is -8.69. The van der Waals surface area contributed by atoms with E-state index in [1.165, 1.54) is 31.2 Å². The first-order chi connectivity index (χ1) is 14.2. The molecule has 0 fully saturated rings. The monoisotopic (exact) mass is 479 g/mol. The minimum atomic E-state index is -5.12. The van der Waals surface area contributed by atoms with Crippen LogP contribution in [0.15, 0.2) is 58.3 Å². The Bertz CT molecular complexity index is 1160. The molecule has 31 heavy (non-hydrogen) atoms. The van der Waals surface area contributed by atoms with Crippen molar-refractivity contribution in [3.05, 3.63) is 54.1 Å². The highest BCUT2D eigenvalue weighted by Crippen LogP contribution is 2.40. The molecule has 0 aliphatic heterocycles. The first-order valence-corrected chi connectivity index (χ1v) is 12.2. The van der Waals surface area contributed by atoms with Crippen LogP contribution in [-0.2, 0) is 35.6 Å². The van der Waals surface area contributed by atoms with Gasteiger partial charge in [-0.2, -0.15) is 13.2 Å². The smallest absolute Gasteiger partial charge is 0.418 e. The van der Waals surface area contributed by atoms with Crippen LogP contribution in [0.1, 0.15) is 19.4 Å². The number of benzene rings is 2. The van der Waals surface area contributed by atoms with E-state index < -0.39 is 54.2 Å². The third-order valence-electron chi connectivity index (χ3n) is 4.21. The number of alkyl halides is 3. The second kappa shape index (κ2) is 8.87. The molecule has 170 valence electrons. The molecule has 0 saturated carbocycles. The van der Waals surface area contributed by atoms with E-state index >= 15 is 0 Å². The van der Waals surface area contributed by atoms with Gasteiger partial charge in [0.2, 0.25) is 19.9 Å². The maximum absolute atomic E-state index is 13.8. The molecule has 2 rings (SSSR count). The van der Waals surface area contributed by atoms with E-state index in [0.717, 1.165) is 19.1 Å². The van der Waals surface area contributed by atoms with E-state index in [1.807, 2.05) is 0 Å². The summed E-state index contributed by atoms with van der Waals surface area (Å²) in [6.07, 6.45) is -4.48. The quantitative estimate of drug-likeness (QED) is 0.566. The van der Waals surface area contributed by atoms with Gasteiger partial charge in [-0.05, 0) is 44.2 Å². The molecule has 0 heterocycles. The van der Waals surface area contributed by atoms with Gasteiger partial charge in [0, 0.05) is 0 Å². The van der Waals surface area contributed by atoms with Crippen LogP contribution in [0.5, 0.6) is 0 Å². The number of hydrogen-bond acceptors (Lipinski definition) is 6. The number of sulfone groups is 1. The van der Waals surface area contributed by atoms with Crippen molar-refractivity contribution in [3.8, 4) is 0 Å². The molecule has 0 aliphatic rings. The molecule has 0 aromatic heterocycles. The van der Waals surface area contributed by atoms with Crippen LogP contribution in [0, 0.1) is 0 Å². The number of halogens is 3. The van der Waals surface area contributed by atoms with Crippen molar-refractivity contribution >= 4 is 31.5 Å². The number of hydrogen-bond donors (Lipinski definition) is 0. The molecule has 0 saturated heterocycles. The Morgan fingerprint density at radius 1 is 1.03 bits per heavy atom. The fourth-order valence-corrected chi connectivity index (χ4v) is 5.36. The Labute approximate surface area is 178 Å².